The molecule has 0 unspecified atom stereocenters. The second kappa shape index (κ2) is 7.88. The van der Waals surface area contributed by atoms with E-state index >= 15 is 0 Å². The van der Waals surface area contributed by atoms with E-state index in [1.807, 2.05) is 12.1 Å². The number of aryl methyl sites for hydroxylation is 1. The highest BCUT2D eigenvalue weighted by Gasteiger charge is 2.06. The molecular formula is C25H20O2. The van der Waals surface area contributed by atoms with Crippen LogP contribution in [-0.2, 0) is 16.0 Å². The second-order valence-electron chi connectivity index (χ2n) is 6.62. The topological polar surface area (TPSA) is 26.3 Å². The first-order chi connectivity index (χ1) is 13.3. The zero-order valence-corrected chi connectivity index (χ0v) is 15.0. The fourth-order valence-electron chi connectivity index (χ4n) is 3.44. The van der Waals surface area contributed by atoms with Crippen molar-refractivity contribution in [3.05, 3.63) is 102 Å². The van der Waals surface area contributed by atoms with Crippen molar-refractivity contribution in [2.75, 3.05) is 0 Å². The molecule has 0 aliphatic heterocycles. The first kappa shape index (κ1) is 17.0. The molecule has 0 amide bonds. The lowest BCUT2D eigenvalue weighted by molar-refractivity contribution is -0.123. The maximum absolute atomic E-state index is 10.7. The molecule has 0 heterocycles. The lowest BCUT2D eigenvalue weighted by Gasteiger charge is -2.10. The number of fused-ring (bicyclic) bond motifs is 2. The minimum Gasteiger partial charge on any atom is -0.436 e. The molecule has 27 heavy (non-hydrogen) atoms. The summed E-state index contributed by atoms with van der Waals surface area (Å²) in [5.41, 5.74) is 3.36. The van der Waals surface area contributed by atoms with E-state index in [4.69, 9.17) is 4.74 Å². The zero-order valence-electron chi connectivity index (χ0n) is 15.0. The van der Waals surface area contributed by atoms with Gasteiger partial charge in [0, 0.05) is 0 Å². The molecule has 132 valence electrons. The number of benzene rings is 4. The van der Waals surface area contributed by atoms with Gasteiger partial charge in [0.15, 0.2) is 0 Å². The van der Waals surface area contributed by atoms with Gasteiger partial charge in [0.2, 0.25) is 0 Å². The standard InChI is InChI=1S/C25H20O2/c26-18-27-17-25(24-14-13-21-6-2-4-8-23(21)16-24)12-10-19-9-11-20-5-1-3-7-22(20)15-19/h1-9,11,13-18H,10,12H2/b25-17+. The third kappa shape index (κ3) is 3.90. The molecule has 4 rings (SSSR count). The summed E-state index contributed by atoms with van der Waals surface area (Å²) in [6, 6.07) is 29.5. The lowest BCUT2D eigenvalue weighted by Crippen LogP contribution is -1.92. The van der Waals surface area contributed by atoms with Crippen molar-refractivity contribution in [2.24, 2.45) is 0 Å². The van der Waals surface area contributed by atoms with Crippen molar-refractivity contribution in [3.8, 4) is 0 Å². The average molecular weight is 352 g/mol. The van der Waals surface area contributed by atoms with Crippen molar-refractivity contribution >= 4 is 33.6 Å². The van der Waals surface area contributed by atoms with Crippen LogP contribution in [0, 0.1) is 0 Å². The molecule has 0 radical (unpaired) electrons. The highest BCUT2D eigenvalue weighted by atomic mass is 16.5. The molecule has 0 N–H and O–H groups in total. The normalized spacial score (nSPS) is 11.6. The molecule has 0 aliphatic carbocycles. The first-order valence-electron chi connectivity index (χ1n) is 9.08. The van der Waals surface area contributed by atoms with E-state index in [-0.39, 0.29) is 0 Å². The van der Waals surface area contributed by atoms with Gasteiger partial charge in [0.25, 0.3) is 6.47 Å². The Kier molecular flexibility index (Phi) is 4.97. The molecule has 4 aromatic carbocycles. The number of carbonyl (C=O) groups is 1. The van der Waals surface area contributed by atoms with Crippen molar-refractivity contribution in [2.45, 2.75) is 12.8 Å². The van der Waals surface area contributed by atoms with Crippen LogP contribution in [0.3, 0.4) is 0 Å². The molecule has 0 saturated carbocycles. The Balaban J connectivity index is 1.60. The van der Waals surface area contributed by atoms with Gasteiger partial charge < -0.3 is 4.74 Å². The molecule has 2 nitrogen and oxygen atoms in total. The summed E-state index contributed by atoms with van der Waals surface area (Å²) in [6.45, 7) is 0.469. The van der Waals surface area contributed by atoms with E-state index < -0.39 is 0 Å². The third-order valence-electron chi connectivity index (χ3n) is 4.88. The Bertz CT molecular complexity index is 1130. The number of rotatable bonds is 6. The molecule has 0 aliphatic rings. The van der Waals surface area contributed by atoms with Crippen LogP contribution in [0.5, 0.6) is 0 Å². The van der Waals surface area contributed by atoms with Gasteiger partial charge in [-0.3, -0.25) is 4.79 Å². The Morgan fingerprint density at radius 3 is 2.07 bits per heavy atom. The smallest absolute Gasteiger partial charge is 0.297 e. The molecular weight excluding hydrogens is 332 g/mol. The number of ether oxygens (including phenoxy) is 1. The third-order valence-corrected chi connectivity index (χ3v) is 4.88. The SMILES string of the molecule is O=CO/C=C(\CCc1ccc2ccccc2c1)c1ccc2ccccc2c1. The molecule has 0 saturated heterocycles. The molecule has 0 bridgehead atoms. The summed E-state index contributed by atoms with van der Waals surface area (Å²) in [5.74, 6) is 0. The van der Waals surface area contributed by atoms with E-state index in [2.05, 4.69) is 72.8 Å². The van der Waals surface area contributed by atoms with E-state index in [0.717, 1.165) is 24.0 Å². The second-order valence-corrected chi connectivity index (χ2v) is 6.62. The summed E-state index contributed by atoms with van der Waals surface area (Å²) < 4.78 is 4.98. The van der Waals surface area contributed by atoms with E-state index in [1.54, 1.807) is 6.26 Å². The maximum Gasteiger partial charge on any atom is 0.297 e. The lowest BCUT2D eigenvalue weighted by atomic mass is 9.96. The fraction of sp³-hybridized carbons (Fsp3) is 0.0800. The van der Waals surface area contributed by atoms with Gasteiger partial charge in [-0.15, -0.1) is 0 Å². The number of hydrogen-bond acceptors (Lipinski definition) is 2. The monoisotopic (exact) mass is 352 g/mol. The Morgan fingerprint density at radius 2 is 1.37 bits per heavy atom. The first-order valence-corrected chi connectivity index (χ1v) is 9.08. The largest absolute Gasteiger partial charge is 0.436 e. The van der Waals surface area contributed by atoms with Gasteiger partial charge in [-0.05, 0) is 57.2 Å². The van der Waals surface area contributed by atoms with Crippen LogP contribution in [-0.4, -0.2) is 6.47 Å². The van der Waals surface area contributed by atoms with Gasteiger partial charge in [0.1, 0.15) is 0 Å². The Hall–Kier alpha value is -3.39. The van der Waals surface area contributed by atoms with Crippen molar-refractivity contribution in [1.82, 2.24) is 0 Å². The summed E-state index contributed by atoms with van der Waals surface area (Å²) >= 11 is 0. The molecule has 4 aromatic rings. The van der Waals surface area contributed by atoms with Gasteiger partial charge in [0.05, 0.1) is 6.26 Å². The van der Waals surface area contributed by atoms with Crippen molar-refractivity contribution in [1.29, 1.82) is 0 Å². The van der Waals surface area contributed by atoms with Crippen LogP contribution in [0.15, 0.2) is 91.2 Å². The van der Waals surface area contributed by atoms with Crippen LogP contribution in [0.1, 0.15) is 17.5 Å². The summed E-state index contributed by atoms with van der Waals surface area (Å²) in [4.78, 5) is 10.7. The van der Waals surface area contributed by atoms with E-state index in [1.165, 1.54) is 27.1 Å². The molecule has 0 aromatic heterocycles. The summed E-state index contributed by atoms with van der Waals surface area (Å²) in [5, 5.41) is 4.87. The molecule has 0 spiro atoms. The molecule has 0 fully saturated rings. The van der Waals surface area contributed by atoms with Crippen LogP contribution in [0.4, 0.5) is 0 Å². The van der Waals surface area contributed by atoms with Crippen LogP contribution in [0.2, 0.25) is 0 Å². The van der Waals surface area contributed by atoms with Gasteiger partial charge >= 0.3 is 0 Å². The maximum atomic E-state index is 10.7. The van der Waals surface area contributed by atoms with E-state index in [9.17, 15) is 4.79 Å². The summed E-state index contributed by atoms with van der Waals surface area (Å²) in [6.07, 6.45) is 3.24. The Labute approximate surface area is 158 Å². The fourth-order valence-corrected chi connectivity index (χ4v) is 3.44. The van der Waals surface area contributed by atoms with Crippen molar-refractivity contribution < 1.29 is 9.53 Å². The zero-order chi connectivity index (χ0) is 18.5. The van der Waals surface area contributed by atoms with Crippen LogP contribution >= 0.6 is 0 Å². The van der Waals surface area contributed by atoms with Gasteiger partial charge in [-0.1, -0.05) is 78.9 Å². The Morgan fingerprint density at radius 1 is 0.741 bits per heavy atom. The van der Waals surface area contributed by atoms with E-state index in [0.29, 0.717) is 6.47 Å². The van der Waals surface area contributed by atoms with Crippen molar-refractivity contribution in [3.63, 3.8) is 0 Å². The predicted molar refractivity (Wildman–Crippen MR) is 111 cm³/mol. The number of carbonyl (C=O) groups excluding carboxylic acids is 1. The minimum atomic E-state index is 0.469. The highest BCUT2D eigenvalue weighted by molar-refractivity contribution is 5.86. The van der Waals surface area contributed by atoms with Gasteiger partial charge in [-0.25, -0.2) is 0 Å². The average Bonchev–Trinajstić information content (AvgIpc) is 2.73. The van der Waals surface area contributed by atoms with Crippen LogP contribution < -0.4 is 0 Å². The summed E-state index contributed by atoms with van der Waals surface area (Å²) in [7, 11) is 0. The number of allylic oxidation sites excluding steroid dienone is 1. The molecule has 0 atom stereocenters. The number of hydrogen-bond donors (Lipinski definition) is 0. The highest BCUT2D eigenvalue weighted by Crippen LogP contribution is 2.26. The van der Waals surface area contributed by atoms with Gasteiger partial charge in [-0.2, -0.15) is 0 Å². The molecule has 2 heteroatoms. The minimum absolute atomic E-state index is 0.469. The quantitative estimate of drug-likeness (QED) is 0.308. The predicted octanol–water partition coefficient (Wildman–Crippen LogP) is 6.14. The van der Waals surface area contributed by atoms with Crippen LogP contribution in [0.25, 0.3) is 27.1 Å².